The maximum Gasteiger partial charge on any atom is 0.0885 e. The molecule has 1 aromatic heterocycles. The summed E-state index contributed by atoms with van der Waals surface area (Å²) in [7, 11) is 0. The summed E-state index contributed by atoms with van der Waals surface area (Å²) < 4.78 is 7.85. The van der Waals surface area contributed by atoms with Gasteiger partial charge in [0.05, 0.1) is 24.6 Å². The normalized spacial score (nSPS) is 20.0. The van der Waals surface area contributed by atoms with Crippen molar-refractivity contribution in [2.75, 3.05) is 19.7 Å². The number of nitrogens with one attached hydrogen (secondary N) is 1. The Balaban J connectivity index is 1.82. The molecule has 0 radical (unpaired) electrons. The summed E-state index contributed by atoms with van der Waals surface area (Å²) in [4.78, 5) is 0. The molecule has 17 heavy (non-hydrogen) atoms. The zero-order valence-corrected chi connectivity index (χ0v) is 10.9. The first-order chi connectivity index (χ1) is 8.33. The quantitative estimate of drug-likeness (QED) is 0.816. The average Bonchev–Trinajstić information content (AvgIpc) is 2.98. The molecule has 1 saturated heterocycles. The maximum absolute atomic E-state index is 5.80. The SMILES string of the molecule is CCc1cc(COCC2CCNC2)n(CC)n1. The summed E-state index contributed by atoms with van der Waals surface area (Å²) in [5.74, 6) is 0.693. The van der Waals surface area contributed by atoms with Crippen molar-refractivity contribution in [1.29, 1.82) is 0 Å². The smallest absolute Gasteiger partial charge is 0.0885 e. The van der Waals surface area contributed by atoms with E-state index in [0.717, 1.165) is 38.4 Å². The van der Waals surface area contributed by atoms with Crippen LogP contribution >= 0.6 is 0 Å². The molecule has 1 aromatic rings. The predicted octanol–water partition coefficient (Wildman–Crippen LogP) is 1.59. The van der Waals surface area contributed by atoms with Gasteiger partial charge in [0.1, 0.15) is 0 Å². The van der Waals surface area contributed by atoms with Gasteiger partial charge in [-0.25, -0.2) is 0 Å². The third kappa shape index (κ3) is 3.30. The zero-order chi connectivity index (χ0) is 12.1. The van der Waals surface area contributed by atoms with Crippen molar-refractivity contribution >= 4 is 0 Å². The Bertz CT molecular complexity index is 342. The number of nitrogens with zero attached hydrogens (tertiary/aromatic N) is 2. The van der Waals surface area contributed by atoms with Crippen molar-refractivity contribution in [3.63, 3.8) is 0 Å². The molecule has 0 saturated carbocycles. The predicted molar refractivity (Wildman–Crippen MR) is 67.9 cm³/mol. The number of rotatable bonds is 6. The van der Waals surface area contributed by atoms with E-state index in [-0.39, 0.29) is 0 Å². The van der Waals surface area contributed by atoms with Gasteiger partial charge in [-0.1, -0.05) is 6.92 Å². The van der Waals surface area contributed by atoms with Gasteiger partial charge < -0.3 is 10.1 Å². The van der Waals surface area contributed by atoms with E-state index >= 15 is 0 Å². The lowest BCUT2D eigenvalue weighted by atomic mass is 10.1. The van der Waals surface area contributed by atoms with Gasteiger partial charge in [0.25, 0.3) is 0 Å². The zero-order valence-electron chi connectivity index (χ0n) is 10.9. The third-order valence-electron chi connectivity index (χ3n) is 3.34. The Labute approximate surface area is 103 Å². The fraction of sp³-hybridized carbons (Fsp3) is 0.769. The lowest BCUT2D eigenvalue weighted by Gasteiger charge is -2.09. The van der Waals surface area contributed by atoms with Gasteiger partial charge in [-0.15, -0.1) is 0 Å². The third-order valence-corrected chi connectivity index (χ3v) is 3.34. The molecule has 1 unspecified atom stereocenters. The first kappa shape index (κ1) is 12.6. The van der Waals surface area contributed by atoms with Crippen LogP contribution in [0.4, 0.5) is 0 Å². The van der Waals surface area contributed by atoms with Crippen LogP contribution in [0.2, 0.25) is 0 Å². The molecule has 0 spiro atoms. The van der Waals surface area contributed by atoms with Crippen molar-refractivity contribution in [2.45, 2.75) is 39.8 Å². The second kappa shape index (κ2) is 6.17. The summed E-state index contributed by atoms with van der Waals surface area (Å²) in [6.07, 6.45) is 2.24. The van der Waals surface area contributed by atoms with Crippen LogP contribution in [0.25, 0.3) is 0 Å². The summed E-state index contributed by atoms with van der Waals surface area (Å²) in [5.41, 5.74) is 2.36. The molecule has 0 aliphatic carbocycles. The van der Waals surface area contributed by atoms with Crippen molar-refractivity contribution < 1.29 is 4.74 Å². The minimum absolute atomic E-state index is 0.692. The number of hydrogen-bond donors (Lipinski definition) is 1. The fourth-order valence-electron chi connectivity index (χ4n) is 2.26. The van der Waals surface area contributed by atoms with E-state index in [1.165, 1.54) is 12.1 Å². The van der Waals surface area contributed by atoms with Crippen LogP contribution in [0.3, 0.4) is 0 Å². The first-order valence-electron chi connectivity index (χ1n) is 6.67. The molecule has 1 fully saturated rings. The van der Waals surface area contributed by atoms with Gasteiger partial charge in [-0.05, 0) is 38.3 Å². The van der Waals surface area contributed by atoms with Crippen molar-refractivity contribution in [3.05, 3.63) is 17.5 Å². The van der Waals surface area contributed by atoms with E-state index in [2.05, 4.69) is 30.3 Å². The molecule has 96 valence electrons. The van der Waals surface area contributed by atoms with Crippen molar-refractivity contribution in [3.8, 4) is 0 Å². The average molecular weight is 237 g/mol. The molecule has 4 heteroatoms. The molecule has 1 aliphatic heterocycles. The van der Waals surface area contributed by atoms with Crippen LogP contribution in [-0.2, 0) is 24.3 Å². The molecule has 0 bridgehead atoms. The van der Waals surface area contributed by atoms with Crippen LogP contribution < -0.4 is 5.32 Å². The van der Waals surface area contributed by atoms with Crippen molar-refractivity contribution in [2.24, 2.45) is 5.92 Å². The van der Waals surface area contributed by atoms with Gasteiger partial charge in [-0.2, -0.15) is 5.10 Å². The summed E-state index contributed by atoms with van der Waals surface area (Å²) in [6.45, 7) is 8.98. The molecule has 4 nitrogen and oxygen atoms in total. The molecule has 2 heterocycles. The van der Waals surface area contributed by atoms with Crippen LogP contribution in [0.5, 0.6) is 0 Å². The Hall–Kier alpha value is -0.870. The number of ether oxygens (including phenoxy) is 1. The number of aromatic nitrogens is 2. The minimum Gasteiger partial charge on any atom is -0.375 e. The molecule has 2 rings (SSSR count). The Kier molecular flexibility index (Phi) is 4.57. The van der Waals surface area contributed by atoms with Crippen LogP contribution in [-0.4, -0.2) is 29.5 Å². The highest BCUT2D eigenvalue weighted by molar-refractivity contribution is 5.09. The number of hydrogen-bond acceptors (Lipinski definition) is 3. The summed E-state index contributed by atoms with van der Waals surface area (Å²) >= 11 is 0. The Morgan fingerprint density at radius 1 is 1.53 bits per heavy atom. The van der Waals surface area contributed by atoms with E-state index in [0.29, 0.717) is 12.5 Å². The van der Waals surface area contributed by atoms with Gasteiger partial charge in [0, 0.05) is 13.1 Å². The summed E-state index contributed by atoms with van der Waals surface area (Å²) in [5, 5.41) is 7.88. The molecule has 0 aromatic carbocycles. The first-order valence-corrected chi connectivity index (χ1v) is 6.67. The van der Waals surface area contributed by atoms with Gasteiger partial charge in [-0.3, -0.25) is 4.68 Å². The second-order valence-corrected chi connectivity index (χ2v) is 4.67. The number of aryl methyl sites for hydroxylation is 2. The van der Waals surface area contributed by atoms with E-state index in [1.807, 2.05) is 4.68 Å². The second-order valence-electron chi connectivity index (χ2n) is 4.67. The molecule has 1 atom stereocenters. The van der Waals surface area contributed by atoms with Crippen LogP contribution in [0.15, 0.2) is 6.07 Å². The molecular weight excluding hydrogens is 214 g/mol. The van der Waals surface area contributed by atoms with Crippen LogP contribution in [0, 0.1) is 5.92 Å². The summed E-state index contributed by atoms with van der Waals surface area (Å²) in [6, 6.07) is 2.16. The minimum atomic E-state index is 0.692. The highest BCUT2D eigenvalue weighted by atomic mass is 16.5. The monoisotopic (exact) mass is 237 g/mol. The fourth-order valence-corrected chi connectivity index (χ4v) is 2.26. The standard InChI is InChI=1S/C13H23N3O/c1-3-12-7-13(16(4-2)15-12)10-17-9-11-5-6-14-8-11/h7,11,14H,3-6,8-10H2,1-2H3. The molecule has 0 amide bonds. The lowest BCUT2D eigenvalue weighted by Crippen LogP contribution is -2.14. The van der Waals surface area contributed by atoms with E-state index in [1.54, 1.807) is 0 Å². The van der Waals surface area contributed by atoms with E-state index < -0.39 is 0 Å². The van der Waals surface area contributed by atoms with Crippen LogP contribution in [0.1, 0.15) is 31.7 Å². The van der Waals surface area contributed by atoms with Crippen molar-refractivity contribution in [1.82, 2.24) is 15.1 Å². The Morgan fingerprint density at radius 3 is 3.06 bits per heavy atom. The Morgan fingerprint density at radius 2 is 2.41 bits per heavy atom. The lowest BCUT2D eigenvalue weighted by molar-refractivity contribution is 0.0876. The topological polar surface area (TPSA) is 39.1 Å². The molecule has 1 aliphatic rings. The molecule has 1 N–H and O–H groups in total. The highest BCUT2D eigenvalue weighted by Gasteiger charge is 2.14. The highest BCUT2D eigenvalue weighted by Crippen LogP contribution is 2.11. The van der Waals surface area contributed by atoms with Gasteiger partial charge >= 0.3 is 0 Å². The van der Waals surface area contributed by atoms with Gasteiger partial charge in [0.15, 0.2) is 0 Å². The maximum atomic E-state index is 5.80. The van der Waals surface area contributed by atoms with E-state index in [9.17, 15) is 0 Å². The largest absolute Gasteiger partial charge is 0.375 e. The van der Waals surface area contributed by atoms with E-state index in [4.69, 9.17) is 4.74 Å². The molecular formula is C13H23N3O. The van der Waals surface area contributed by atoms with Gasteiger partial charge in [0.2, 0.25) is 0 Å².